The second-order valence-electron chi connectivity index (χ2n) is 3.45. The van der Waals surface area contributed by atoms with Gasteiger partial charge in [-0.05, 0) is 22.0 Å². The third-order valence-corrected chi connectivity index (χ3v) is 2.60. The van der Waals surface area contributed by atoms with E-state index in [9.17, 15) is 4.79 Å². The van der Waals surface area contributed by atoms with Gasteiger partial charge in [0.25, 0.3) is 5.91 Å². The molecule has 2 aromatic heterocycles. The van der Waals surface area contributed by atoms with E-state index >= 15 is 0 Å². The standard InChI is InChI=1S/C10H10BrN3O/c1-14(2)10(15)7-5-12-8-3-9(11)13-4-6(7)8/h3-5,12H,1-2H3. The van der Waals surface area contributed by atoms with Gasteiger partial charge in [-0.1, -0.05) is 0 Å². The molecule has 0 spiro atoms. The predicted octanol–water partition coefficient (Wildman–Crippen LogP) is 2.03. The van der Waals surface area contributed by atoms with Crippen molar-refractivity contribution >= 4 is 32.7 Å². The molecule has 2 heterocycles. The Labute approximate surface area is 95.4 Å². The van der Waals surface area contributed by atoms with Crippen LogP contribution in [0.15, 0.2) is 23.1 Å². The van der Waals surface area contributed by atoms with Crippen molar-refractivity contribution in [2.24, 2.45) is 0 Å². The maximum absolute atomic E-state index is 11.8. The van der Waals surface area contributed by atoms with Crippen LogP contribution in [0.2, 0.25) is 0 Å². The Balaban J connectivity index is 2.59. The predicted molar refractivity (Wildman–Crippen MR) is 61.8 cm³/mol. The van der Waals surface area contributed by atoms with Crippen LogP contribution in [0.3, 0.4) is 0 Å². The molecule has 0 saturated carbocycles. The van der Waals surface area contributed by atoms with Crippen LogP contribution >= 0.6 is 15.9 Å². The number of carbonyl (C=O) groups excluding carboxylic acids is 1. The third kappa shape index (κ3) is 1.74. The van der Waals surface area contributed by atoms with E-state index in [1.807, 2.05) is 6.07 Å². The molecule has 15 heavy (non-hydrogen) atoms. The molecule has 5 heteroatoms. The smallest absolute Gasteiger partial charge is 0.255 e. The van der Waals surface area contributed by atoms with Crippen molar-refractivity contribution in [2.75, 3.05) is 14.1 Å². The van der Waals surface area contributed by atoms with E-state index in [-0.39, 0.29) is 5.91 Å². The fourth-order valence-electron chi connectivity index (χ4n) is 1.41. The van der Waals surface area contributed by atoms with Crippen LogP contribution in [-0.4, -0.2) is 34.9 Å². The number of aromatic nitrogens is 2. The highest BCUT2D eigenvalue weighted by Crippen LogP contribution is 2.20. The Morgan fingerprint density at radius 3 is 2.93 bits per heavy atom. The Morgan fingerprint density at radius 2 is 2.27 bits per heavy atom. The molecule has 78 valence electrons. The summed E-state index contributed by atoms with van der Waals surface area (Å²) < 4.78 is 0.751. The number of carbonyl (C=O) groups is 1. The summed E-state index contributed by atoms with van der Waals surface area (Å²) >= 11 is 3.28. The van der Waals surface area contributed by atoms with Gasteiger partial charge < -0.3 is 9.88 Å². The first-order valence-corrected chi connectivity index (χ1v) is 5.23. The van der Waals surface area contributed by atoms with Gasteiger partial charge in [-0.15, -0.1) is 0 Å². The van der Waals surface area contributed by atoms with Crippen LogP contribution in [0.1, 0.15) is 10.4 Å². The van der Waals surface area contributed by atoms with Gasteiger partial charge in [0.2, 0.25) is 0 Å². The minimum absolute atomic E-state index is 0.0228. The number of fused-ring (bicyclic) bond motifs is 1. The van der Waals surface area contributed by atoms with Crippen LogP contribution in [0, 0.1) is 0 Å². The summed E-state index contributed by atoms with van der Waals surface area (Å²) in [7, 11) is 3.46. The summed E-state index contributed by atoms with van der Waals surface area (Å²) in [5.74, 6) is -0.0228. The zero-order valence-corrected chi connectivity index (χ0v) is 10.00. The quantitative estimate of drug-likeness (QED) is 0.804. The van der Waals surface area contributed by atoms with E-state index in [0.29, 0.717) is 5.56 Å². The first kappa shape index (κ1) is 10.2. The topological polar surface area (TPSA) is 49.0 Å². The SMILES string of the molecule is CN(C)C(=O)c1c[nH]c2cc(Br)ncc12. The maximum Gasteiger partial charge on any atom is 0.255 e. The summed E-state index contributed by atoms with van der Waals surface area (Å²) in [6, 6.07) is 1.85. The van der Waals surface area contributed by atoms with Gasteiger partial charge in [-0.25, -0.2) is 4.98 Å². The number of H-pyrrole nitrogens is 1. The van der Waals surface area contributed by atoms with E-state index in [1.165, 1.54) is 0 Å². The second-order valence-corrected chi connectivity index (χ2v) is 4.27. The number of hydrogen-bond donors (Lipinski definition) is 1. The molecule has 0 unspecified atom stereocenters. The van der Waals surface area contributed by atoms with E-state index in [4.69, 9.17) is 0 Å². The summed E-state index contributed by atoms with van der Waals surface area (Å²) in [5.41, 5.74) is 1.55. The Bertz CT molecular complexity index is 518. The monoisotopic (exact) mass is 267 g/mol. The number of nitrogens with zero attached hydrogens (tertiary/aromatic N) is 2. The number of hydrogen-bond acceptors (Lipinski definition) is 2. The summed E-state index contributed by atoms with van der Waals surface area (Å²) in [5, 5.41) is 0.844. The van der Waals surface area contributed by atoms with Gasteiger partial charge in [0.15, 0.2) is 0 Å². The molecule has 0 saturated heterocycles. The Morgan fingerprint density at radius 1 is 1.53 bits per heavy atom. The van der Waals surface area contributed by atoms with Crippen LogP contribution < -0.4 is 0 Å². The van der Waals surface area contributed by atoms with Gasteiger partial charge in [0.05, 0.1) is 11.1 Å². The maximum atomic E-state index is 11.8. The highest BCUT2D eigenvalue weighted by molar-refractivity contribution is 9.10. The highest BCUT2D eigenvalue weighted by atomic mass is 79.9. The number of amides is 1. The molecule has 0 aromatic carbocycles. The average Bonchev–Trinajstić information content (AvgIpc) is 2.59. The second kappa shape index (κ2) is 3.66. The highest BCUT2D eigenvalue weighted by Gasteiger charge is 2.13. The minimum Gasteiger partial charge on any atom is -0.360 e. The minimum atomic E-state index is -0.0228. The average molecular weight is 268 g/mol. The summed E-state index contributed by atoms with van der Waals surface area (Å²) in [6.45, 7) is 0. The normalized spacial score (nSPS) is 10.6. The number of nitrogens with one attached hydrogen (secondary N) is 1. The van der Waals surface area contributed by atoms with Gasteiger partial charge in [-0.2, -0.15) is 0 Å². The van der Waals surface area contributed by atoms with Crippen molar-refractivity contribution in [3.63, 3.8) is 0 Å². The molecule has 0 fully saturated rings. The zero-order valence-electron chi connectivity index (χ0n) is 8.41. The van der Waals surface area contributed by atoms with Crippen molar-refractivity contribution in [2.45, 2.75) is 0 Å². The molecule has 0 atom stereocenters. The van der Waals surface area contributed by atoms with Crippen molar-refractivity contribution in [1.82, 2.24) is 14.9 Å². The first-order chi connectivity index (χ1) is 7.09. The lowest BCUT2D eigenvalue weighted by Crippen LogP contribution is -2.21. The van der Waals surface area contributed by atoms with Crippen molar-refractivity contribution in [3.05, 3.63) is 28.6 Å². The number of aromatic amines is 1. The van der Waals surface area contributed by atoms with Crippen molar-refractivity contribution < 1.29 is 4.79 Å². The molecule has 4 nitrogen and oxygen atoms in total. The molecular formula is C10H10BrN3O. The number of rotatable bonds is 1. The largest absolute Gasteiger partial charge is 0.360 e. The van der Waals surface area contributed by atoms with E-state index in [1.54, 1.807) is 31.4 Å². The zero-order chi connectivity index (χ0) is 11.0. The molecule has 1 N–H and O–H groups in total. The number of pyridine rings is 1. The van der Waals surface area contributed by atoms with Gasteiger partial charge in [0, 0.05) is 31.9 Å². The lowest BCUT2D eigenvalue weighted by atomic mass is 10.2. The van der Waals surface area contributed by atoms with E-state index < -0.39 is 0 Å². The molecule has 0 bridgehead atoms. The Kier molecular flexibility index (Phi) is 2.48. The third-order valence-electron chi connectivity index (χ3n) is 2.17. The summed E-state index contributed by atoms with van der Waals surface area (Å²) in [4.78, 5) is 20.5. The van der Waals surface area contributed by atoms with E-state index in [2.05, 4.69) is 25.9 Å². The molecule has 2 rings (SSSR count). The van der Waals surface area contributed by atoms with Gasteiger partial charge >= 0.3 is 0 Å². The lowest BCUT2D eigenvalue weighted by molar-refractivity contribution is 0.0829. The molecule has 2 aromatic rings. The summed E-state index contributed by atoms with van der Waals surface area (Å²) in [6.07, 6.45) is 3.40. The van der Waals surface area contributed by atoms with E-state index in [0.717, 1.165) is 15.5 Å². The lowest BCUT2D eigenvalue weighted by Gasteiger charge is -2.08. The molecular weight excluding hydrogens is 258 g/mol. The van der Waals surface area contributed by atoms with Gasteiger partial charge in [-0.3, -0.25) is 4.79 Å². The fraction of sp³-hybridized carbons (Fsp3) is 0.200. The molecule has 0 aliphatic rings. The molecule has 0 aliphatic heterocycles. The van der Waals surface area contributed by atoms with Crippen LogP contribution in [0.25, 0.3) is 10.9 Å². The van der Waals surface area contributed by atoms with Gasteiger partial charge in [0.1, 0.15) is 4.60 Å². The fourth-order valence-corrected chi connectivity index (χ4v) is 1.74. The van der Waals surface area contributed by atoms with Crippen molar-refractivity contribution in [1.29, 1.82) is 0 Å². The molecule has 0 aliphatic carbocycles. The molecule has 1 amide bonds. The number of halogens is 1. The van der Waals surface area contributed by atoms with Crippen LogP contribution in [0.5, 0.6) is 0 Å². The van der Waals surface area contributed by atoms with Crippen molar-refractivity contribution in [3.8, 4) is 0 Å². The van der Waals surface area contributed by atoms with Crippen LogP contribution in [-0.2, 0) is 0 Å². The Hall–Kier alpha value is -1.36. The molecule has 0 radical (unpaired) electrons. The first-order valence-electron chi connectivity index (χ1n) is 4.44. The van der Waals surface area contributed by atoms with Crippen LogP contribution in [0.4, 0.5) is 0 Å².